The third-order valence-corrected chi connectivity index (χ3v) is 4.27. The second kappa shape index (κ2) is 8.06. The Kier molecular flexibility index (Phi) is 6.09. The van der Waals surface area contributed by atoms with Crippen molar-refractivity contribution in [3.8, 4) is 5.75 Å². The number of rotatable bonds is 7. The van der Waals surface area contributed by atoms with Crippen molar-refractivity contribution in [3.63, 3.8) is 0 Å². The van der Waals surface area contributed by atoms with Crippen LogP contribution in [0.25, 0.3) is 0 Å². The number of unbranched alkanes of at least 4 members (excludes halogenated alkanes) is 4. The van der Waals surface area contributed by atoms with Crippen LogP contribution in [0.2, 0.25) is 0 Å². The fraction of sp³-hybridized carbons (Fsp3) is 0.611. The van der Waals surface area contributed by atoms with Crippen LogP contribution in [0.5, 0.6) is 5.75 Å². The van der Waals surface area contributed by atoms with Crippen molar-refractivity contribution < 1.29 is 9.53 Å². The largest absolute Gasteiger partial charge is 0.497 e. The molecule has 0 aliphatic carbocycles. The number of fused-ring (bicyclic) bond motifs is 1. The van der Waals surface area contributed by atoms with Gasteiger partial charge in [-0.05, 0) is 36.1 Å². The van der Waals surface area contributed by atoms with E-state index in [0.29, 0.717) is 12.3 Å². The lowest BCUT2D eigenvalue weighted by molar-refractivity contribution is -0.132. The van der Waals surface area contributed by atoms with Crippen LogP contribution in [-0.2, 0) is 17.8 Å². The van der Waals surface area contributed by atoms with Crippen LogP contribution in [0.3, 0.4) is 0 Å². The molecule has 1 aromatic carbocycles. The van der Waals surface area contributed by atoms with Crippen molar-refractivity contribution >= 4 is 5.91 Å². The molecule has 1 amide bonds. The van der Waals surface area contributed by atoms with Crippen LogP contribution >= 0.6 is 0 Å². The Morgan fingerprint density at radius 3 is 2.76 bits per heavy atom. The molecule has 21 heavy (non-hydrogen) atoms. The van der Waals surface area contributed by atoms with E-state index >= 15 is 0 Å². The Bertz CT molecular complexity index is 470. The molecule has 0 bridgehead atoms. The SMILES string of the molecule is CCCCCCCC(=O)N1CCc2ccc(OC)cc2C1. The monoisotopic (exact) mass is 289 g/mol. The van der Waals surface area contributed by atoms with E-state index in [-0.39, 0.29) is 0 Å². The summed E-state index contributed by atoms with van der Waals surface area (Å²) in [5.41, 5.74) is 2.59. The van der Waals surface area contributed by atoms with Gasteiger partial charge >= 0.3 is 0 Å². The molecule has 3 nitrogen and oxygen atoms in total. The molecule has 0 unspecified atom stereocenters. The maximum Gasteiger partial charge on any atom is 0.222 e. The number of benzene rings is 1. The topological polar surface area (TPSA) is 29.5 Å². The standard InChI is InChI=1S/C18H27NO2/c1-3-4-5-6-7-8-18(20)19-12-11-15-9-10-17(21-2)13-16(15)14-19/h9-10,13H,3-8,11-12,14H2,1-2H3. The maximum atomic E-state index is 12.3. The Labute approximate surface area is 128 Å². The summed E-state index contributed by atoms with van der Waals surface area (Å²) >= 11 is 0. The molecule has 0 radical (unpaired) electrons. The summed E-state index contributed by atoms with van der Waals surface area (Å²) in [5.74, 6) is 1.18. The predicted molar refractivity (Wildman–Crippen MR) is 85.5 cm³/mol. The predicted octanol–water partition coefficient (Wildman–Crippen LogP) is 3.94. The van der Waals surface area contributed by atoms with E-state index in [1.165, 1.54) is 36.8 Å². The first-order valence-electron chi connectivity index (χ1n) is 8.18. The summed E-state index contributed by atoms with van der Waals surface area (Å²) in [6.45, 7) is 3.80. The number of amides is 1. The summed E-state index contributed by atoms with van der Waals surface area (Å²) in [5, 5.41) is 0. The Morgan fingerprint density at radius 2 is 2.00 bits per heavy atom. The number of hydrogen-bond donors (Lipinski definition) is 0. The molecule has 0 aromatic heterocycles. The van der Waals surface area contributed by atoms with Crippen LogP contribution in [0, 0.1) is 0 Å². The summed E-state index contributed by atoms with van der Waals surface area (Å²) < 4.78 is 5.27. The molecule has 116 valence electrons. The molecular weight excluding hydrogens is 262 g/mol. The van der Waals surface area contributed by atoms with Crippen molar-refractivity contribution in [1.82, 2.24) is 4.90 Å². The van der Waals surface area contributed by atoms with Crippen LogP contribution in [0.15, 0.2) is 18.2 Å². The van der Waals surface area contributed by atoms with Gasteiger partial charge in [-0.3, -0.25) is 4.79 Å². The summed E-state index contributed by atoms with van der Waals surface area (Å²) in [7, 11) is 1.68. The normalized spacial score (nSPS) is 13.9. The van der Waals surface area contributed by atoms with Gasteiger partial charge in [-0.1, -0.05) is 38.7 Å². The van der Waals surface area contributed by atoms with Gasteiger partial charge < -0.3 is 9.64 Å². The zero-order chi connectivity index (χ0) is 15.1. The van der Waals surface area contributed by atoms with E-state index in [1.54, 1.807) is 7.11 Å². The van der Waals surface area contributed by atoms with Crippen molar-refractivity contribution in [2.24, 2.45) is 0 Å². The highest BCUT2D eigenvalue weighted by Gasteiger charge is 2.20. The number of ether oxygens (including phenoxy) is 1. The van der Waals surface area contributed by atoms with Gasteiger partial charge in [0.2, 0.25) is 5.91 Å². The summed E-state index contributed by atoms with van der Waals surface area (Å²) in [6.07, 6.45) is 7.65. The molecule has 0 spiro atoms. The van der Waals surface area contributed by atoms with Gasteiger partial charge in [-0.25, -0.2) is 0 Å². The van der Waals surface area contributed by atoms with Gasteiger partial charge in [0, 0.05) is 19.5 Å². The van der Waals surface area contributed by atoms with Gasteiger partial charge in [0.25, 0.3) is 0 Å². The number of nitrogens with zero attached hydrogens (tertiary/aromatic N) is 1. The van der Waals surface area contributed by atoms with Crippen molar-refractivity contribution in [2.45, 2.75) is 58.4 Å². The maximum absolute atomic E-state index is 12.3. The zero-order valence-corrected chi connectivity index (χ0v) is 13.4. The van der Waals surface area contributed by atoms with E-state index in [4.69, 9.17) is 4.74 Å². The van der Waals surface area contributed by atoms with Gasteiger partial charge in [0.05, 0.1) is 7.11 Å². The molecule has 1 aromatic rings. The third-order valence-electron chi connectivity index (χ3n) is 4.27. The molecule has 3 heteroatoms. The minimum Gasteiger partial charge on any atom is -0.497 e. The van der Waals surface area contributed by atoms with Gasteiger partial charge in [0.1, 0.15) is 5.75 Å². The highest BCUT2D eigenvalue weighted by molar-refractivity contribution is 5.76. The van der Waals surface area contributed by atoms with Gasteiger partial charge in [-0.15, -0.1) is 0 Å². The lowest BCUT2D eigenvalue weighted by atomic mass is 9.99. The molecule has 0 saturated carbocycles. The Hall–Kier alpha value is -1.51. The van der Waals surface area contributed by atoms with E-state index in [2.05, 4.69) is 19.1 Å². The van der Waals surface area contributed by atoms with Crippen molar-refractivity contribution in [1.29, 1.82) is 0 Å². The quantitative estimate of drug-likeness (QED) is 0.712. The highest BCUT2D eigenvalue weighted by atomic mass is 16.5. The van der Waals surface area contributed by atoms with Gasteiger partial charge in [0.15, 0.2) is 0 Å². The van der Waals surface area contributed by atoms with E-state index in [1.807, 2.05) is 11.0 Å². The molecule has 0 saturated heterocycles. The van der Waals surface area contributed by atoms with Crippen LogP contribution < -0.4 is 4.74 Å². The lowest BCUT2D eigenvalue weighted by Gasteiger charge is -2.29. The second-order valence-electron chi connectivity index (χ2n) is 5.86. The molecule has 0 N–H and O–H groups in total. The number of carbonyl (C=O) groups is 1. The van der Waals surface area contributed by atoms with Crippen molar-refractivity contribution in [3.05, 3.63) is 29.3 Å². The molecule has 1 heterocycles. The average molecular weight is 289 g/mol. The first-order valence-corrected chi connectivity index (χ1v) is 8.18. The molecule has 1 aliphatic rings. The van der Waals surface area contributed by atoms with Crippen molar-refractivity contribution in [2.75, 3.05) is 13.7 Å². The molecular formula is C18H27NO2. The fourth-order valence-electron chi connectivity index (χ4n) is 2.91. The molecule has 1 aliphatic heterocycles. The van der Waals surface area contributed by atoms with Crippen LogP contribution in [0.1, 0.15) is 56.6 Å². The first kappa shape index (κ1) is 15.9. The van der Waals surface area contributed by atoms with Crippen LogP contribution in [0.4, 0.5) is 0 Å². The molecule has 0 fully saturated rings. The fourth-order valence-corrected chi connectivity index (χ4v) is 2.91. The minimum atomic E-state index is 0.306. The van der Waals surface area contributed by atoms with E-state index in [9.17, 15) is 4.79 Å². The summed E-state index contributed by atoms with van der Waals surface area (Å²) in [4.78, 5) is 14.3. The Balaban J connectivity index is 1.84. The second-order valence-corrected chi connectivity index (χ2v) is 5.86. The number of hydrogen-bond acceptors (Lipinski definition) is 2. The lowest BCUT2D eigenvalue weighted by Crippen LogP contribution is -2.35. The number of methoxy groups -OCH3 is 1. The number of carbonyl (C=O) groups excluding carboxylic acids is 1. The molecule has 0 atom stereocenters. The third kappa shape index (κ3) is 4.48. The van der Waals surface area contributed by atoms with Crippen LogP contribution in [-0.4, -0.2) is 24.5 Å². The Morgan fingerprint density at radius 1 is 1.19 bits per heavy atom. The minimum absolute atomic E-state index is 0.306. The van der Waals surface area contributed by atoms with Gasteiger partial charge in [-0.2, -0.15) is 0 Å². The van der Waals surface area contributed by atoms with E-state index in [0.717, 1.165) is 31.7 Å². The average Bonchev–Trinajstić information content (AvgIpc) is 2.53. The highest BCUT2D eigenvalue weighted by Crippen LogP contribution is 2.24. The zero-order valence-electron chi connectivity index (χ0n) is 13.4. The first-order chi connectivity index (χ1) is 10.2. The summed E-state index contributed by atoms with van der Waals surface area (Å²) in [6, 6.07) is 6.20. The van der Waals surface area contributed by atoms with E-state index < -0.39 is 0 Å². The molecule has 2 rings (SSSR count). The smallest absolute Gasteiger partial charge is 0.222 e.